The molecule has 4 heterocycles. The number of hydrogen-bond acceptors (Lipinski definition) is 8. The van der Waals surface area contributed by atoms with Crippen LogP contribution in [0.1, 0.15) is 16.7 Å². The van der Waals surface area contributed by atoms with Gasteiger partial charge in [-0.2, -0.15) is 9.46 Å². The molecular weight excluding hydrogens is 577 g/mol. The molecular formula is C33H26N6O2S2. The van der Waals surface area contributed by atoms with Crippen LogP contribution in [0.2, 0.25) is 0 Å². The molecule has 0 unspecified atom stereocenters. The van der Waals surface area contributed by atoms with Gasteiger partial charge in [0.2, 0.25) is 0 Å². The molecule has 0 bridgehead atoms. The molecule has 0 saturated carbocycles. The third kappa shape index (κ3) is 4.90. The van der Waals surface area contributed by atoms with Crippen LogP contribution in [0.4, 0.5) is 0 Å². The van der Waals surface area contributed by atoms with Crippen molar-refractivity contribution >= 4 is 86.7 Å². The molecule has 0 amide bonds. The van der Waals surface area contributed by atoms with E-state index in [1.54, 1.807) is 42.0 Å². The van der Waals surface area contributed by atoms with Crippen LogP contribution in [-0.2, 0) is 0 Å². The Morgan fingerprint density at radius 1 is 0.605 bits per heavy atom. The summed E-state index contributed by atoms with van der Waals surface area (Å²) < 4.78 is 4.62. The Hall–Kier alpha value is -5.06. The first-order chi connectivity index (χ1) is 20.9. The van der Waals surface area contributed by atoms with Gasteiger partial charge in [-0.25, -0.2) is 19.9 Å². The number of thiazole rings is 2. The van der Waals surface area contributed by atoms with Gasteiger partial charge in [-0.3, -0.25) is 0 Å². The summed E-state index contributed by atoms with van der Waals surface area (Å²) in [7, 11) is 0. The van der Waals surface area contributed by atoms with E-state index in [9.17, 15) is 10.4 Å². The molecule has 0 aliphatic heterocycles. The zero-order valence-corrected chi connectivity index (χ0v) is 25.2. The Morgan fingerprint density at radius 3 is 1.98 bits per heavy atom. The molecule has 5 aromatic carbocycles. The minimum absolute atomic E-state index is 0.595. The lowest BCUT2D eigenvalue weighted by Crippen LogP contribution is -1.91. The molecule has 0 spiro atoms. The predicted molar refractivity (Wildman–Crippen MR) is 176 cm³/mol. The van der Waals surface area contributed by atoms with Gasteiger partial charge in [0.1, 0.15) is 22.7 Å². The highest BCUT2D eigenvalue weighted by atomic mass is 32.1. The van der Waals surface area contributed by atoms with Gasteiger partial charge in [0.15, 0.2) is 0 Å². The van der Waals surface area contributed by atoms with Crippen molar-refractivity contribution in [1.82, 2.24) is 29.4 Å². The highest BCUT2D eigenvalue weighted by Gasteiger charge is 2.09. The quantitative estimate of drug-likeness (QED) is 0.168. The summed E-state index contributed by atoms with van der Waals surface area (Å²) >= 11 is 3.35. The SMILES string of the molecule is Cc1nc2cc3ccccc3cc2n1O.Cc1nc2cc3scnc3cc2n1O.Cc1nc2ccc3ccccc3c2s1. The molecule has 2 N–H and O–H groups in total. The zero-order valence-electron chi connectivity index (χ0n) is 23.6. The van der Waals surface area contributed by atoms with Crippen LogP contribution in [-0.4, -0.2) is 39.8 Å². The lowest BCUT2D eigenvalue weighted by molar-refractivity contribution is 0.191. The van der Waals surface area contributed by atoms with Crippen LogP contribution in [0.25, 0.3) is 64.0 Å². The molecule has 212 valence electrons. The largest absolute Gasteiger partial charge is 0.427 e. The van der Waals surface area contributed by atoms with Gasteiger partial charge in [-0.15, -0.1) is 22.7 Å². The fourth-order valence-electron chi connectivity index (χ4n) is 5.18. The second kappa shape index (κ2) is 10.6. The van der Waals surface area contributed by atoms with E-state index in [-0.39, 0.29) is 0 Å². The van der Waals surface area contributed by atoms with Crippen molar-refractivity contribution in [3.8, 4) is 0 Å². The maximum atomic E-state index is 9.71. The first kappa shape index (κ1) is 26.8. The second-order valence-corrected chi connectivity index (χ2v) is 12.2. The maximum absolute atomic E-state index is 9.71. The van der Waals surface area contributed by atoms with Gasteiger partial charge in [0.05, 0.1) is 42.0 Å². The van der Waals surface area contributed by atoms with Gasteiger partial charge >= 0.3 is 0 Å². The van der Waals surface area contributed by atoms with E-state index in [0.717, 1.165) is 57.5 Å². The second-order valence-electron chi connectivity index (χ2n) is 10.2. The van der Waals surface area contributed by atoms with Gasteiger partial charge in [0.25, 0.3) is 0 Å². The summed E-state index contributed by atoms with van der Waals surface area (Å²) in [5.74, 6) is 1.21. The third-order valence-corrected chi connectivity index (χ3v) is 9.10. The van der Waals surface area contributed by atoms with Crippen molar-refractivity contribution in [1.29, 1.82) is 0 Å². The van der Waals surface area contributed by atoms with E-state index in [1.165, 1.54) is 15.5 Å². The van der Waals surface area contributed by atoms with Crippen molar-refractivity contribution in [3.63, 3.8) is 0 Å². The van der Waals surface area contributed by atoms with Crippen molar-refractivity contribution < 1.29 is 10.4 Å². The monoisotopic (exact) mass is 602 g/mol. The molecule has 0 aliphatic rings. The fourth-order valence-corrected chi connectivity index (χ4v) is 6.82. The maximum Gasteiger partial charge on any atom is 0.142 e. The van der Waals surface area contributed by atoms with E-state index < -0.39 is 0 Å². The number of rotatable bonds is 0. The number of imidazole rings is 2. The number of hydrogen-bond donors (Lipinski definition) is 2. The first-order valence-electron chi connectivity index (χ1n) is 13.6. The highest BCUT2D eigenvalue weighted by molar-refractivity contribution is 7.19. The molecule has 43 heavy (non-hydrogen) atoms. The molecule has 9 rings (SSSR count). The molecule has 0 saturated heterocycles. The Kier molecular flexibility index (Phi) is 6.64. The summed E-state index contributed by atoms with van der Waals surface area (Å²) in [4.78, 5) is 17.2. The van der Waals surface area contributed by atoms with Crippen LogP contribution in [0, 0.1) is 20.8 Å². The summed E-state index contributed by atoms with van der Waals surface area (Å²) in [5.41, 5.74) is 6.91. The average Bonchev–Trinajstić information content (AvgIpc) is 3.77. The Bertz CT molecular complexity index is 2440. The molecule has 0 aliphatic carbocycles. The van der Waals surface area contributed by atoms with Crippen LogP contribution in [0.5, 0.6) is 0 Å². The van der Waals surface area contributed by atoms with Crippen LogP contribution in [0.3, 0.4) is 0 Å². The Balaban J connectivity index is 0.000000105. The molecule has 9 aromatic rings. The third-order valence-electron chi connectivity index (χ3n) is 7.29. The van der Waals surface area contributed by atoms with E-state index in [1.807, 2.05) is 48.5 Å². The molecule has 4 aromatic heterocycles. The zero-order chi connectivity index (χ0) is 29.7. The highest BCUT2D eigenvalue weighted by Crippen LogP contribution is 2.30. The smallest absolute Gasteiger partial charge is 0.142 e. The topological polar surface area (TPSA) is 102 Å². The number of aromatic nitrogens is 6. The van der Waals surface area contributed by atoms with Crippen molar-refractivity contribution in [2.45, 2.75) is 20.8 Å². The number of benzene rings is 5. The van der Waals surface area contributed by atoms with E-state index in [0.29, 0.717) is 17.2 Å². The summed E-state index contributed by atoms with van der Waals surface area (Å²) in [6, 6.07) is 28.5. The number of aryl methyl sites for hydroxylation is 3. The fraction of sp³-hybridized carbons (Fsp3) is 0.0909. The number of nitrogens with zero attached hydrogens (tertiary/aromatic N) is 6. The van der Waals surface area contributed by atoms with Gasteiger partial charge in [-0.05, 0) is 67.3 Å². The Labute approximate surface area is 253 Å². The normalized spacial score (nSPS) is 11.3. The minimum atomic E-state index is 0.595. The molecule has 8 nitrogen and oxygen atoms in total. The van der Waals surface area contributed by atoms with Gasteiger partial charge in [0, 0.05) is 5.39 Å². The molecule has 0 radical (unpaired) electrons. The Morgan fingerprint density at radius 2 is 1.23 bits per heavy atom. The van der Waals surface area contributed by atoms with Gasteiger partial charge in [-0.1, -0.05) is 54.6 Å². The predicted octanol–water partition coefficient (Wildman–Crippen LogP) is 8.68. The van der Waals surface area contributed by atoms with E-state index in [4.69, 9.17) is 0 Å². The summed E-state index contributed by atoms with van der Waals surface area (Å²) in [5, 5.41) is 25.3. The van der Waals surface area contributed by atoms with E-state index >= 15 is 0 Å². The summed E-state index contributed by atoms with van der Waals surface area (Å²) in [6.07, 6.45) is 0. The molecule has 10 heteroatoms. The van der Waals surface area contributed by atoms with Crippen molar-refractivity contribution in [2.24, 2.45) is 0 Å². The van der Waals surface area contributed by atoms with Crippen molar-refractivity contribution in [2.75, 3.05) is 0 Å². The lowest BCUT2D eigenvalue weighted by Gasteiger charge is -1.98. The van der Waals surface area contributed by atoms with Crippen molar-refractivity contribution in [3.05, 3.63) is 107 Å². The standard InChI is InChI=1S/C12H10N2O.C12H9NS.C9H7N3OS/c1-8-13-11-6-9-4-2-3-5-10(9)7-12(11)14(8)15;1-8-13-11-7-6-9-4-2-3-5-10(9)12(11)14-8;1-5-11-6-3-9-7(10-4-14-9)2-8(6)12(5)13/h2-7,15H,1H3;2-7H,1H3;2-4,13H,1H3. The van der Waals surface area contributed by atoms with Crippen LogP contribution in [0.15, 0.2) is 90.4 Å². The molecule has 0 fully saturated rings. The minimum Gasteiger partial charge on any atom is -0.427 e. The summed E-state index contributed by atoms with van der Waals surface area (Å²) in [6.45, 7) is 5.60. The lowest BCUT2D eigenvalue weighted by atomic mass is 10.1. The van der Waals surface area contributed by atoms with Crippen LogP contribution < -0.4 is 0 Å². The molecule has 0 atom stereocenters. The van der Waals surface area contributed by atoms with Gasteiger partial charge < -0.3 is 10.4 Å². The average molecular weight is 603 g/mol. The van der Waals surface area contributed by atoms with E-state index in [2.05, 4.69) is 63.3 Å². The number of fused-ring (bicyclic) bond motifs is 7. The first-order valence-corrected chi connectivity index (χ1v) is 15.3. The van der Waals surface area contributed by atoms with Crippen LogP contribution >= 0.6 is 22.7 Å².